The summed E-state index contributed by atoms with van der Waals surface area (Å²) in [7, 11) is 0. The van der Waals surface area contributed by atoms with Crippen molar-refractivity contribution in [2.75, 3.05) is 5.32 Å². The number of hydrogen-bond donors (Lipinski definition) is 2. The number of aryl methyl sites for hydroxylation is 1. The lowest BCUT2D eigenvalue weighted by Gasteiger charge is -2.03. The molecule has 0 saturated carbocycles. The molecule has 1 aromatic heterocycles. The Balaban J connectivity index is 1.96. The van der Waals surface area contributed by atoms with Crippen LogP contribution in [-0.2, 0) is 13.1 Å². The van der Waals surface area contributed by atoms with Gasteiger partial charge in [-0.3, -0.25) is 4.68 Å². The fourth-order valence-corrected chi connectivity index (χ4v) is 1.50. The largest absolute Gasteiger partial charge is 0.508 e. The number of rotatable bonds is 4. The highest BCUT2D eigenvalue weighted by Gasteiger charge is 1.97. The maximum absolute atomic E-state index is 9.31. The van der Waals surface area contributed by atoms with Gasteiger partial charge in [-0.25, -0.2) is 0 Å². The SMILES string of the molecule is CCn1cc(NCc2cccc(O)c2)cn1. The third kappa shape index (κ3) is 2.53. The standard InChI is InChI=1S/C12H15N3O/c1-2-15-9-11(8-14-15)13-7-10-4-3-5-12(16)6-10/h3-6,8-9,13,16H,2,7H2,1H3. The molecule has 4 nitrogen and oxygen atoms in total. The molecule has 0 bridgehead atoms. The van der Waals surface area contributed by atoms with E-state index in [9.17, 15) is 5.11 Å². The van der Waals surface area contributed by atoms with Crippen LogP contribution in [-0.4, -0.2) is 14.9 Å². The highest BCUT2D eigenvalue weighted by molar-refractivity contribution is 5.40. The van der Waals surface area contributed by atoms with Gasteiger partial charge in [-0.15, -0.1) is 0 Å². The molecule has 2 rings (SSSR count). The normalized spacial score (nSPS) is 10.3. The van der Waals surface area contributed by atoms with Crippen LogP contribution in [0.1, 0.15) is 12.5 Å². The Hall–Kier alpha value is -1.97. The van der Waals surface area contributed by atoms with E-state index in [-0.39, 0.29) is 0 Å². The summed E-state index contributed by atoms with van der Waals surface area (Å²) in [5, 5.41) is 16.7. The Morgan fingerprint density at radius 1 is 1.44 bits per heavy atom. The fraction of sp³-hybridized carbons (Fsp3) is 0.250. The molecule has 2 aromatic rings. The molecule has 0 aliphatic heterocycles. The first-order valence-electron chi connectivity index (χ1n) is 5.32. The Labute approximate surface area is 94.5 Å². The van der Waals surface area contributed by atoms with Crippen molar-refractivity contribution in [2.24, 2.45) is 0 Å². The van der Waals surface area contributed by atoms with Crippen molar-refractivity contribution in [1.82, 2.24) is 9.78 Å². The molecule has 0 radical (unpaired) electrons. The van der Waals surface area contributed by atoms with Crippen LogP contribution >= 0.6 is 0 Å². The van der Waals surface area contributed by atoms with Crippen LogP contribution in [0.4, 0.5) is 5.69 Å². The molecular weight excluding hydrogens is 202 g/mol. The summed E-state index contributed by atoms with van der Waals surface area (Å²) in [5.41, 5.74) is 2.04. The zero-order chi connectivity index (χ0) is 11.4. The van der Waals surface area contributed by atoms with E-state index >= 15 is 0 Å². The van der Waals surface area contributed by atoms with E-state index in [1.165, 1.54) is 0 Å². The molecule has 0 spiro atoms. The van der Waals surface area contributed by atoms with Crippen molar-refractivity contribution in [2.45, 2.75) is 20.0 Å². The maximum Gasteiger partial charge on any atom is 0.115 e. The summed E-state index contributed by atoms with van der Waals surface area (Å²) in [5.74, 6) is 0.295. The Kier molecular flexibility index (Phi) is 3.10. The van der Waals surface area contributed by atoms with Crippen molar-refractivity contribution >= 4 is 5.69 Å². The van der Waals surface area contributed by atoms with Gasteiger partial charge in [0, 0.05) is 19.3 Å². The van der Waals surface area contributed by atoms with Gasteiger partial charge in [-0.2, -0.15) is 5.10 Å². The fourth-order valence-electron chi connectivity index (χ4n) is 1.50. The number of nitrogens with one attached hydrogen (secondary N) is 1. The number of nitrogens with zero attached hydrogens (tertiary/aromatic N) is 2. The van der Waals surface area contributed by atoms with Gasteiger partial charge in [-0.1, -0.05) is 12.1 Å². The van der Waals surface area contributed by atoms with Gasteiger partial charge in [0.1, 0.15) is 5.75 Å². The number of phenols is 1. The Morgan fingerprint density at radius 3 is 3.00 bits per heavy atom. The molecule has 1 heterocycles. The third-order valence-corrected chi connectivity index (χ3v) is 2.36. The molecular formula is C12H15N3O. The summed E-state index contributed by atoms with van der Waals surface area (Å²) >= 11 is 0. The van der Waals surface area contributed by atoms with E-state index in [4.69, 9.17) is 0 Å². The van der Waals surface area contributed by atoms with Crippen LogP contribution in [0.2, 0.25) is 0 Å². The topological polar surface area (TPSA) is 50.1 Å². The molecule has 0 atom stereocenters. The van der Waals surface area contributed by atoms with Crippen LogP contribution < -0.4 is 5.32 Å². The van der Waals surface area contributed by atoms with Crippen LogP contribution in [0.25, 0.3) is 0 Å². The van der Waals surface area contributed by atoms with E-state index < -0.39 is 0 Å². The number of phenolic OH excluding ortho intramolecular Hbond substituents is 1. The van der Waals surface area contributed by atoms with Gasteiger partial charge < -0.3 is 10.4 Å². The first kappa shape index (κ1) is 10.5. The van der Waals surface area contributed by atoms with E-state index in [1.807, 2.05) is 29.9 Å². The number of hydrogen-bond acceptors (Lipinski definition) is 3. The lowest BCUT2D eigenvalue weighted by atomic mass is 10.2. The summed E-state index contributed by atoms with van der Waals surface area (Å²) in [6, 6.07) is 7.22. The van der Waals surface area contributed by atoms with Crippen molar-refractivity contribution < 1.29 is 5.11 Å². The van der Waals surface area contributed by atoms with Gasteiger partial charge in [-0.05, 0) is 24.6 Å². The van der Waals surface area contributed by atoms with E-state index in [0.29, 0.717) is 12.3 Å². The van der Waals surface area contributed by atoms with Crippen LogP contribution in [0.3, 0.4) is 0 Å². The van der Waals surface area contributed by atoms with Crippen molar-refractivity contribution in [3.05, 3.63) is 42.2 Å². The van der Waals surface area contributed by atoms with Crippen molar-refractivity contribution in [1.29, 1.82) is 0 Å². The first-order valence-corrected chi connectivity index (χ1v) is 5.32. The minimum atomic E-state index is 0.295. The van der Waals surface area contributed by atoms with Crippen LogP contribution in [0.5, 0.6) is 5.75 Å². The molecule has 0 amide bonds. The van der Waals surface area contributed by atoms with Gasteiger partial charge in [0.2, 0.25) is 0 Å². The number of benzene rings is 1. The molecule has 0 aliphatic carbocycles. The number of aromatic hydroxyl groups is 1. The first-order chi connectivity index (χ1) is 7.78. The lowest BCUT2D eigenvalue weighted by molar-refractivity contribution is 0.474. The number of aromatic nitrogens is 2. The third-order valence-electron chi connectivity index (χ3n) is 2.36. The second-order valence-corrected chi connectivity index (χ2v) is 3.61. The zero-order valence-electron chi connectivity index (χ0n) is 9.22. The quantitative estimate of drug-likeness (QED) is 0.825. The predicted molar refractivity (Wildman–Crippen MR) is 63.3 cm³/mol. The van der Waals surface area contributed by atoms with Crippen LogP contribution in [0, 0.1) is 0 Å². The summed E-state index contributed by atoms with van der Waals surface area (Å²) in [6.45, 7) is 3.60. The highest BCUT2D eigenvalue weighted by atomic mass is 16.3. The minimum Gasteiger partial charge on any atom is -0.508 e. The summed E-state index contributed by atoms with van der Waals surface area (Å²) in [4.78, 5) is 0. The molecule has 0 unspecified atom stereocenters. The average Bonchev–Trinajstić information content (AvgIpc) is 2.74. The van der Waals surface area contributed by atoms with E-state index in [2.05, 4.69) is 10.4 Å². The molecule has 1 aromatic carbocycles. The molecule has 2 N–H and O–H groups in total. The predicted octanol–water partition coefficient (Wildman–Crippen LogP) is 2.22. The smallest absolute Gasteiger partial charge is 0.115 e. The molecule has 0 saturated heterocycles. The van der Waals surface area contributed by atoms with Crippen molar-refractivity contribution in [3.63, 3.8) is 0 Å². The molecule has 4 heteroatoms. The second-order valence-electron chi connectivity index (χ2n) is 3.61. The molecule has 84 valence electrons. The van der Waals surface area contributed by atoms with Gasteiger partial charge in [0.25, 0.3) is 0 Å². The Bertz CT molecular complexity index is 465. The second kappa shape index (κ2) is 4.70. The minimum absolute atomic E-state index is 0.295. The monoisotopic (exact) mass is 217 g/mol. The number of anilines is 1. The average molecular weight is 217 g/mol. The molecule has 0 fully saturated rings. The van der Waals surface area contributed by atoms with Gasteiger partial charge >= 0.3 is 0 Å². The van der Waals surface area contributed by atoms with Gasteiger partial charge in [0.05, 0.1) is 11.9 Å². The molecule has 0 aliphatic rings. The van der Waals surface area contributed by atoms with E-state index in [1.54, 1.807) is 18.3 Å². The van der Waals surface area contributed by atoms with Crippen molar-refractivity contribution in [3.8, 4) is 5.75 Å². The molecule has 16 heavy (non-hydrogen) atoms. The highest BCUT2D eigenvalue weighted by Crippen LogP contribution is 2.13. The zero-order valence-corrected chi connectivity index (χ0v) is 9.22. The summed E-state index contributed by atoms with van der Waals surface area (Å²) in [6.07, 6.45) is 3.76. The Morgan fingerprint density at radius 2 is 2.31 bits per heavy atom. The van der Waals surface area contributed by atoms with Crippen LogP contribution in [0.15, 0.2) is 36.7 Å². The van der Waals surface area contributed by atoms with Gasteiger partial charge in [0.15, 0.2) is 0 Å². The summed E-state index contributed by atoms with van der Waals surface area (Å²) < 4.78 is 1.87. The lowest BCUT2D eigenvalue weighted by Crippen LogP contribution is -1.98. The van der Waals surface area contributed by atoms with E-state index in [0.717, 1.165) is 17.8 Å². The maximum atomic E-state index is 9.31.